The molecule has 0 radical (unpaired) electrons. The van der Waals surface area contributed by atoms with Crippen molar-refractivity contribution < 1.29 is 14.7 Å². The zero-order chi connectivity index (χ0) is 13.9. The molecule has 1 amide bonds. The normalized spacial score (nSPS) is 22.5. The Bertz CT molecular complexity index is 477. The largest absolute Gasteiger partial charge is 0.480 e. The van der Waals surface area contributed by atoms with Crippen LogP contribution in [-0.2, 0) is 16.0 Å². The maximum absolute atomic E-state index is 12.0. The molecular weight excluding hydrogens is 246 g/mol. The summed E-state index contributed by atoms with van der Waals surface area (Å²) >= 11 is 0. The number of pyridine rings is 1. The third kappa shape index (κ3) is 3.08. The van der Waals surface area contributed by atoms with Gasteiger partial charge in [-0.2, -0.15) is 0 Å². The lowest BCUT2D eigenvalue weighted by molar-refractivity contribution is -0.143. The highest BCUT2D eigenvalue weighted by molar-refractivity contribution is 5.83. The Morgan fingerprint density at radius 3 is 2.89 bits per heavy atom. The highest BCUT2D eigenvalue weighted by Crippen LogP contribution is 2.20. The topological polar surface area (TPSA) is 96.5 Å². The third-order valence-electron chi connectivity index (χ3n) is 3.43. The van der Waals surface area contributed by atoms with Crippen LogP contribution in [0.2, 0.25) is 0 Å². The van der Waals surface area contributed by atoms with Gasteiger partial charge in [0.1, 0.15) is 5.54 Å². The molecule has 1 aliphatic heterocycles. The van der Waals surface area contributed by atoms with E-state index < -0.39 is 11.5 Å². The first kappa shape index (κ1) is 13.5. The SMILES string of the molecule is NC1(C(=O)O)CCN(C(=O)CCc2cccnc2)C1. The number of amides is 1. The molecule has 6 heteroatoms. The summed E-state index contributed by atoms with van der Waals surface area (Å²) in [5, 5.41) is 9.01. The Hall–Kier alpha value is -1.95. The molecule has 1 aliphatic rings. The van der Waals surface area contributed by atoms with Crippen molar-refractivity contribution in [3.05, 3.63) is 30.1 Å². The van der Waals surface area contributed by atoms with E-state index in [-0.39, 0.29) is 12.5 Å². The highest BCUT2D eigenvalue weighted by atomic mass is 16.4. The summed E-state index contributed by atoms with van der Waals surface area (Å²) < 4.78 is 0. The van der Waals surface area contributed by atoms with Gasteiger partial charge >= 0.3 is 5.97 Å². The summed E-state index contributed by atoms with van der Waals surface area (Å²) in [6, 6.07) is 3.74. The van der Waals surface area contributed by atoms with Crippen LogP contribution in [0.15, 0.2) is 24.5 Å². The number of aromatic nitrogens is 1. The fourth-order valence-corrected chi connectivity index (χ4v) is 2.18. The van der Waals surface area contributed by atoms with E-state index in [1.165, 1.54) is 4.90 Å². The molecule has 2 rings (SSSR count). The van der Waals surface area contributed by atoms with Crippen molar-refractivity contribution in [1.82, 2.24) is 9.88 Å². The van der Waals surface area contributed by atoms with Crippen molar-refractivity contribution in [2.75, 3.05) is 13.1 Å². The van der Waals surface area contributed by atoms with Crippen LogP contribution in [0, 0.1) is 0 Å². The van der Waals surface area contributed by atoms with Gasteiger partial charge in [0.2, 0.25) is 5.91 Å². The number of nitrogens with two attached hydrogens (primary N) is 1. The van der Waals surface area contributed by atoms with Gasteiger partial charge in [0.25, 0.3) is 0 Å². The Balaban J connectivity index is 1.87. The Kier molecular flexibility index (Phi) is 3.80. The van der Waals surface area contributed by atoms with Crippen LogP contribution in [0.5, 0.6) is 0 Å². The maximum Gasteiger partial charge on any atom is 0.325 e. The Labute approximate surface area is 111 Å². The van der Waals surface area contributed by atoms with Gasteiger partial charge in [-0.05, 0) is 24.5 Å². The van der Waals surface area contributed by atoms with Gasteiger partial charge in [0.05, 0.1) is 0 Å². The van der Waals surface area contributed by atoms with Crippen LogP contribution >= 0.6 is 0 Å². The molecule has 0 saturated carbocycles. The predicted molar refractivity (Wildman–Crippen MR) is 68.3 cm³/mol. The second kappa shape index (κ2) is 5.36. The minimum atomic E-state index is -1.29. The number of hydrogen-bond acceptors (Lipinski definition) is 4. The summed E-state index contributed by atoms with van der Waals surface area (Å²) in [6.07, 6.45) is 4.67. The first-order valence-electron chi connectivity index (χ1n) is 6.20. The molecule has 1 fully saturated rings. The van der Waals surface area contributed by atoms with Crippen LogP contribution < -0.4 is 5.73 Å². The molecule has 0 aromatic carbocycles. The zero-order valence-corrected chi connectivity index (χ0v) is 10.6. The third-order valence-corrected chi connectivity index (χ3v) is 3.43. The van der Waals surface area contributed by atoms with Gasteiger partial charge < -0.3 is 15.7 Å². The standard InChI is InChI=1S/C13H17N3O3/c14-13(12(18)19)5-7-16(9-13)11(17)4-3-10-2-1-6-15-8-10/h1-2,6,8H,3-5,7,9,14H2,(H,18,19). The van der Waals surface area contributed by atoms with Gasteiger partial charge in [-0.25, -0.2) is 0 Å². The van der Waals surface area contributed by atoms with E-state index in [1.54, 1.807) is 12.4 Å². The first-order valence-corrected chi connectivity index (χ1v) is 6.20. The Morgan fingerprint density at radius 2 is 2.32 bits per heavy atom. The monoisotopic (exact) mass is 263 g/mol. The number of aliphatic carboxylic acids is 1. The molecule has 3 N–H and O–H groups in total. The Morgan fingerprint density at radius 1 is 1.53 bits per heavy atom. The van der Waals surface area contributed by atoms with Gasteiger partial charge in [-0.15, -0.1) is 0 Å². The van der Waals surface area contributed by atoms with Crippen LogP contribution in [0.3, 0.4) is 0 Å². The van der Waals surface area contributed by atoms with E-state index in [4.69, 9.17) is 10.8 Å². The average molecular weight is 263 g/mol. The van der Waals surface area contributed by atoms with Crippen molar-refractivity contribution in [1.29, 1.82) is 0 Å². The number of rotatable bonds is 4. The molecular formula is C13H17N3O3. The minimum absolute atomic E-state index is 0.0579. The van der Waals surface area contributed by atoms with E-state index in [2.05, 4.69) is 4.98 Å². The minimum Gasteiger partial charge on any atom is -0.480 e. The summed E-state index contributed by atoms with van der Waals surface area (Å²) in [4.78, 5) is 28.5. The number of hydrogen-bond donors (Lipinski definition) is 2. The van der Waals surface area contributed by atoms with Gasteiger partial charge in [-0.1, -0.05) is 6.07 Å². The molecule has 1 aromatic heterocycles. The van der Waals surface area contributed by atoms with Gasteiger partial charge in [0.15, 0.2) is 0 Å². The molecule has 1 aromatic rings. The van der Waals surface area contributed by atoms with E-state index >= 15 is 0 Å². The van der Waals surface area contributed by atoms with Crippen LogP contribution in [0.25, 0.3) is 0 Å². The van der Waals surface area contributed by atoms with Crippen molar-refractivity contribution in [3.63, 3.8) is 0 Å². The molecule has 1 unspecified atom stereocenters. The molecule has 0 bridgehead atoms. The van der Waals surface area contributed by atoms with E-state index in [9.17, 15) is 9.59 Å². The molecule has 0 aliphatic carbocycles. The van der Waals surface area contributed by atoms with Crippen LogP contribution in [-0.4, -0.2) is 45.5 Å². The number of carboxylic acid groups (broad SMARTS) is 1. The first-order chi connectivity index (χ1) is 9.01. The second-order valence-electron chi connectivity index (χ2n) is 4.89. The molecule has 1 saturated heterocycles. The number of carboxylic acids is 1. The van der Waals surface area contributed by atoms with Crippen LogP contribution in [0.1, 0.15) is 18.4 Å². The van der Waals surface area contributed by atoms with Gasteiger partial charge in [-0.3, -0.25) is 14.6 Å². The fourth-order valence-electron chi connectivity index (χ4n) is 2.18. The summed E-state index contributed by atoms with van der Waals surface area (Å²) in [5.41, 5.74) is 5.44. The predicted octanol–water partition coefficient (Wildman–Crippen LogP) is 0.0286. The van der Waals surface area contributed by atoms with E-state index in [1.807, 2.05) is 12.1 Å². The molecule has 1 atom stereocenters. The molecule has 6 nitrogen and oxygen atoms in total. The molecule has 0 spiro atoms. The van der Waals surface area contributed by atoms with Crippen molar-refractivity contribution >= 4 is 11.9 Å². The van der Waals surface area contributed by atoms with E-state index in [0.717, 1.165) is 5.56 Å². The van der Waals surface area contributed by atoms with Crippen molar-refractivity contribution in [2.45, 2.75) is 24.8 Å². The highest BCUT2D eigenvalue weighted by Gasteiger charge is 2.42. The van der Waals surface area contributed by atoms with E-state index in [0.29, 0.717) is 25.8 Å². The molecule has 19 heavy (non-hydrogen) atoms. The average Bonchev–Trinajstić information content (AvgIpc) is 2.81. The number of carbonyl (C=O) groups is 2. The number of likely N-dealkylation sites (tertiary alicyclic amines) is 1. The van der Waals surface area contributed by atoms with Crippen LogP contribution in [0.4, 0.5) is 0 Å². The van der Waals surface area contributed by atoms with Crippen molar-refractivity contribution in [3.8, 4) is 0 Å². The second-order valence-corrected chi connectivity index (χ2v) is 4.89. The summed E-state index contributed by atoms with van der Waals surface area (Å²) in [5.74, 6) is -1.10. The fraction of sp³-hybridized carbons (Fsp3) is 0.462. The van der Waals surface area contributed by atoms with Gasteiger partial charge in [0, 0.05) is 31.9 Å². The number of nitrogens with zero attached hydrogens (tertiary/aromatic N) is 2. The lowest BCUT2D eigenvalue weighted by atomic mass is 10.0. The molecule has 102 valence electrons. The lowest BCUT2D eigenvalue weighted by Crippen LogP contribution is -2.50. The van der Waals surface area contributed by atoms with Crippen molar-refractivity contribution in [2.24, 2.45) is 5.73 Å². The lowest BCUT2D eigenvalue weighted by Gasteiger charge is -2.20. The number of aryl methyl sites for hydroxylation is 1. The molecule has 2 heterocycles. The maximum atomic E-state index is 12.0. The summed E-state index contributed by atoms with van der Waals surface area (Å²) in [7, 11) is 0. The smallest absolute Gasteiger partial charge is 0.325 e. The zero-order valence-electron chi connectivity index (χ0n) is 10.6. The quantitative estimate of drug-likeness (QED) is 0.798. The number of carbonyl (C=O) groups excluding carboxylic acids is 1. The summed E-state index contributed by atoms with van der Waals surface area (Å²) in [6.45, 7) is 0.503.